The zero-order chi connectivity index (χ0) is 49.7. The maximum atomic E-state index is 13.2. The topological polar surface area (TPSA) is 228 Å². The number of rotatable bonds is 26. The van der Waals surface area contributed by atoms with Crippen molar-refractivity contribution < 1.29 is 55.6 Å². The molecule has 0 fully saturated rings. The average molecular weight is 1030 g/mol. The van der Waals surface area contributed by atoms with E-state index in [0.29, 0.717) is 25.1 Å². The second-order valence-corrected chi connectivity index (χ2v) is 19.6. The molecule has 21 heteroatoms. The lowest BCUT2D eigenvalue weighted by molar-refractivity contribution is 0.0934. The van der Waals surface area contributed by atoms with Crippen molar-refractivity contribution in [3.8, 4) is 28.7 Å². The molecule has 4 aromatic carbocycles. The van der Waals surface area contributed by atoms with Crippen LogP contribution in [0.1, 0.15) is 104 Å². The van der Waals surface area contributed by atoms with Gasteiger partial charge in [0.2, 0.25) is 5.75 Å². The van der Waals surface area contributed by atoms with Gasteiger partial charge in [0, 0.05) is 26.8 Å². The van der Waals surface area contributed by atoms with E-state index in [0.717, 1.165) is 25.2 Å². The Morgan fingerprint density at radius 1 is 0.627 bits per heavy atom. The molecule has 4 aromatic rings. The van der Waals surface area contributed by atoms with Gasteiger partial charge in [-0.3, -0.25) is 19.0 Å². The number of carbonyl (C=O) groups is 2. The highest BCUT2D eigenvalue weighted by Crippen LogP contribution is 2.45. The number of anilines is 2. The SMILES string of the molecule is CCCCCCCCCCCCOCCCNC(=O)c1ccccc1S(=O)(=O)Nc1cc(C)c(O)c(Cl)c1.CNC(=O)c1cc(OC)c(OC)c(OC)c1S(=O)(=O)Nc1cc(Cl)c(O)c(Cl)c1. The van der Waals surface area contributed by atoms with Crippen molar-refractivity contribution in [1.29, 1.82) is 0 Å². The fraction of sp³-hybridized carbons (Fsp3) is 0.435. The van der Waals surface area contributed by atoms with Gasteiger partial charge >= 0.3 is 0 Å². The summed E-state index contributed by atoms with van der Waals surface area (Å²) in [7, 11) is -3.30. The highest BCUT2D eigenvalue weighted by molar-refractivity contribution is 7.93. The van der Waals surface area contributed by atoms with Gasteiger partial charge in [-0.2, -0.15) is 0 Å². The number of phenolic OH excluding ortho intramolecular Hbond substituents is 2. The first-order chi connectivity index (χ1) is 31.9. The predicted octanol–water partition coefficient (Wildman–Crippen LogP) is 10.1. The predicted molar refractivity (Wildman–Crippen MR) is 263 cm³/mol. The molecule has 0 saturated heterocycles. The van der Waals surface area contributed by atoms with Crippen LogP contribution in [0, 0.1) is 6.92 Å². The molecule has 0 aliphatic carbocycles. The largest absolute Gasteiger partial charge is 0.506 e. The number of nitrogens with one attached hydrogen (secondary N) is 4. The highest BCUT2D eigenvalue weighted by Gasteiger charge is 2.33. The van der Waals surface area contributed by atoms with E-state index in [1.165, 1.54) is 116 Å². The van der Waals surface area contributed by atoms with E-state index in [9.17, 15) is 36.6 Å². The van der Waals surface area contributed by atoms with Crippen molar-refractivity contribution in [2.75, 3.05) is 57.6 Å². The maximum Gasteiger partial charge on any atom is 0.266 e. The van der Waals surface area contributed by atoms with Gasteiger partial charge in [0.25, 0.3) is 31.9 Å². The molecule has 370 valence electrons. The smallest absolute Gasteiger partial charge is 0.266 e. The lowest BCUT2D eigenvalue weighted by Gasteiger charge is -2.19. The summed E-state index contributed by atoms with van der Waals surface area (Å²) in [6, 6.07) is 12.3. The molecule has 0 radical (unpaired) electrons. The summed E-state index contributed by atoms with van der Waals surface area (Å²) in [6.07, 6.45) is 13.5. The molecule has 0 heterocycles. The summed E-state index contributed by atoms with van der Waals surface area (Å²) < 4.78 is 78.4. The van der Waals surface area contributed by atoms with Gasteiger partial charge in [0.05, 0.1) is 58.9 Å². The first-order valence-corrected chi connectivity index (χ1v) is 25.7. The molecule has 67 heavy (non-hydrogen) atoms. The summed E-state index contributed by atoms with van der Waals surface area (Å²) in [5.41, 5.74) is 0.382. The number of phenols is 2. The van der Waals surface area contributed by atoms with Crippen LogP contribution in [0.4, 0.5) is 11.4 Å². The standard InChI is InChI=1S/C29H43ClN2O5S.C17H18Cl2N2O7S/c1-3-4-5-6-7-8-9-10-11-14-19-37-20-15-18-31-29(34)25-16-12-13-17-27(25)38(35,36)32-24-21-23(2)28(33)26(30)22-24;1-20-17(23)9-7-12(26-2)14(27-3)15(28-4)16(9)29(24,25)21-8-5-10(18)13(22)11(19)6-8/h12-13,16-17,21-22,32-33H,3-11,14-15,18-20H2,1-2H3,(H,31,34);5-7,21-22H,1-4H3,(H,20,23). The third kappa shape index (κ3) is 16.7. The van der Waals surface area contributed by atoms with Crippen LogP contribution in [0.15, 0.2) is 64.4 Å². The van der Waals surface area contributed by atoms with Gasteiger partial charge in [-0.25, -0.2) is 16.8 Å². The lowest BCUT2D eigenvalue weighted by Crippen LogP contribution is -2.28. The van der Waals surface area contributed by atoms with E-state index in [-0.39, 0.29) is 65.5 Å². The Morgan fingerprint density at radius 2 is 1.15 bits per heavy atom. The van der Waals surface area contributed by atoms with Gasteiger partial charge in [0.15, 0.2) is 17.2 Å². The molecule has 2 amide bonds. The van der Waals surface area contributed by atoms with Crippen LogP contribution < -0.4 is 34.3 Å². The number of unbranched alkanes of at least 4 members (excludes halogenated alkanes) is 9. The number of hydrogen-bond donors (Lipinski definition) is 6. The van der Waals surface area contributed by atoms with Gasteiger partial charge in [-0.1, -0.05) is 112 Å². The minimum atomic E-state index is -4.42. The fourth-order valence-corrected chi connectivity index (χ4v) is 10.1. The number of methoxy groups -OCH3 is 3. The molecule has 0 saturated carbocycles. The van der Waals surface area contributed by atoms with Crippen molar-refractivity contribution in [1.82, 2.24) is 10.6 Å². The average Bonchev–Trinajstić information content (AvgIpc) is 3.29. The first-order valence-electron chi connectivity index (χ1n) is 21.6. The number of amides is 2. The normalized spacial score (nSPS) is 11.2. The number of aromatic hydroxyl groups is 2. The molecule has 6 N–H and O–H groups in total. The summed E-state index contributed by atoms with van der Waals surface area (Å²) in [5.74, 6) is -1.85. The van der Waals surface area contributed by atoms with Crippen molar-refractivity contribution in [2.24, 2.45) is 0 Å². The third-order valence-electron chi connectivity index (χ3n) is 10.1. The van der Waals surface area contributed by atoms with Crippen molar-refractivity contribution in [3.63, 3.8) is 0 Å². The molecule has 4 rings (SSSR count). The quantitative estimate of drug-likeness (QED) is 0.0255. The zero-order valence-corrected chi connectivity index (χ0v) is 42.4. The van der Waals surface area contributed by atoms with Crippen LogP contribution in [0.3, 0.4) is 0 Å². The van der Waals surface area contributed by atoms with Gasteiger partial charge in [-0.05, 0) is 67.8 Å². The Hall–Kier alpha value is -4.85. The molecule has 0 atom stereocenters. The number of halogens is 3. The van der Waals surface area contributed by atoms with Crippen LogP contribution in [0.5, 0.6) is 28.7 Å². The molecule has 0 aromatic heterocycles. The van der Waals surface area contributed by atoms with E-state index >= 15 is 0 Å². The molecule has 0 unspecified atom stereocenters. The van der Waals surface area contributed by atoms with Crippen LogP contribution in [0.2, 0.25) is 15.1 Å². The minimum Gasteiger partial charge on any atom is -0.506 e. The van der Waals surface area contributed by atoms with E-state index < -0.39 is 42.5 Å². The molecule has 0 aliphatic heterocycles. The Kier molecular flexibility index (Phi) is 23.5. The Balaban J connectivity index is 0.000000368. The van der Waals surface area contributed by atoms with Gasteiger partial charge in [-0.15, -0.1) is 0 Å². The second-order valence-electron chi connectivity index (χ2n) is 15.1. The third-order valence-corrected chi connectivity index (χ3v) is 13.9. The Morgan fingerprint density at radius 3 is 1.70 bits per heavy atom. The number of hydrogen-bond acceptors (Lipinski definition) is 12. The van der Waals surface area contributed by atoms with E-state index in [2.05, 4.69) is 27.0 Å². The Bertz CT molecular complexity index is 2470. The van der Waals surface area contributed by atoms with Crippen LogP contribution in [0.25, 0.3) is 0 Å². The minimum absolute atomic E-state index is 0.0233. The second kappa shape index (κ2) is 27.8. The summed E-state index contributed by atoms with van der Waals surface area (Å²) in [6.45, 7) is 5.50. The fourth-order valence-electron chi connectivity index (χ4n) is 6.69. The number of benzene rings is 4. The van der Waals surface area contributed by atoms with E-state index in [1.54, 1.807) is 19.1 Å². The number of ether oxygens (including phenoxy) is 4. The van der Waals surface area contributed by atoms with E-state index in [1.807, 2.05) is 0 Å². The summed E-state index contributed by atoms with van der Waals surface area (Å²) in [4.78, 5) is 24.5. The lowest BCUT2D eigenvalue weighted by atomic mass is 10.1. The van der Waals surface area contributed by atoms with Crippen LogP contribution in [-0.4, -0.2) is 87.0 Å². The van der Waals surface area contributed by atoms with E-state index in [4.69, 9.17) is 53.8 Å². The number of carbonyl (C=O) groups excluding carboxylic acids is 2. The molecule has 0 aliphatic rings. The monoisotopic (exact) mass is 1030 g/mol. The summed E-state index contributed by atoms with van der Waals surface area (Å²) in [5, 5.41) is 24.3. The highest BCUT2D eigenvalue weighted by atomic mass is 35.5. The van der Waals surface area contributed by atoms with Gasteiger partial charge < -0.3 is 39.8 Å². The van der Waals surface area contributed by atoms with Crippen molar-refractivity contribution >= 4 is 78.0 Å². The molecular formula is C46H61Cl3N4O12S2. The Labute approximate surface area is 409 Å². The van der Waals surface area contributed by atoms with Crippen LogP contribution in [-0.2, 0) is 24.8 Å². The molecule has 16 nitrogen and oxygen atoms in total. The van der Waals surface area contributed by atoms with Crippen LogP contribution >= 0.6 is 34.8 Å². The zero-order valence-electron chi connectivity index (χ0n) is 38.5. The van der Waals surface area contributed by atoms with Gasteiger partial charge in [0.1, 0.15) is 15.5 Å². The molecular weight excluding hydrogens is 971 g/mol. The number of sulfonamides is 2. The van der Waals surface area contributed by atoms with Crippen molar-refractivity contribution in [3.05, 3.63) is 86.4 Å². The first kappa shape index (κ1) is 56.5. The molecule has 0 bridgehead atoms. The van der Waals surface area contributed by atoms with Crippen molar-refractivity contribution in [2.45, 2.75) is 94.3 Å². The number of aryl methyl sites for hydroxylation is 1. The summed E-state index contributed by atoms with van der Waals surface area (Å²) >= 11 is 17.7. The molecule has 0 spiro atoms. The maximum absolute atomic E-state index is 13.2.